The standard InChI is InChI=1S/C21H26N2O4/c1-14-13-22-9-6-17(14)20(23-10-7-15(8-11-23)21(24)25)16-4-5-18(26-2)19(12-16)27-3/h4-6,9,12-13,15,20H,7-8,10-11H2,1-3H3,(H,24,25). The number of hydrogen-bond acceptors (Lipinski definition) is 5. The van der Waals surface area contributed by atoms with Gasteiger partial charge in [0.1, 0.15) is 0 Å². The zero-order valence-electron chi connectivity index (χ0n) is 16.0. The lowest BCUT2D eigenvalue weighted by Crippen LogP contribution is -2.39. The second kappa shape index (κ2) is 8.39. The number of likely N-dealkylation sites (tertiary alicyclic amines) is 1. The van der Waals surface area contributed by atoms with Gasteiger partial charge in [-0.3, -0.25) is 14.7 Å². The van der Waals surface area contributed by atoms with Crippen LogP contribution in [0, 0.1) is 12.8 Å². The fourth-order valence-electron chi connectivity index (χ4n) is 3.81. The average Bonchev–Trinajstić information content (AvgIpc) is 2.70. The second-order valence-electron chi connectivity index (χ2n) is 6.90. The lowest BCUT2D eigenvalue weighted by molar-refractivity contribution is -0.143. The summed E-state index contributed by atoms with van der Waals surface area (Å²) in [5, 5.41) is 9.31. The van der Waals surface area contributed by atoms with E-state index in [0.717, 1.165) is 24.2 Å². The van der Waals surface area contributed by atoms with Crippen molar-refractivity contribution in [2.45, 2.75) is 25.8 Å². The Kier molecular flexibility index (Phi) is 5.96. The minimum Gasteiger partial charge on any atom is -0.493 e. The molecule has 144 valence electrons. The van der Waals surface area contributed by atoms with Crippen LogP contribution in [0.2, 0.25) is 0 Å². The minimum absolute atomic E-state index is 0.0163. The van der Waals surface area contributed by atoms with E-state index in [1.807, 2.05) is 24.4 Å². The van der Waals surface area contributed by atoms with E-state index in [2.05, 4.69) is 22.9 Å². The van der Waals surface area contributed by atoms with E-state index in [9.17, 15) is 9.90 Å². The zero-order chi connectivity index (χ0) is 19.4. The molecule has 2 aromatic rings. The molecule has 3 rings (SSSR count). The molecule has 1 N–H and O–H groups in total. The maximum Gasteiger partial charge on any atom is 0.306 e. The first kappa shape index (κ1) is 19.2. The van der Waals surface area contributed by atoms with E-state index in [-0.39, 0.29) is 12.0 Å². The predicted molar refractivity (Wildman–Crippen MR) is 102 cm³/mol. The summed E-state index contributed by atoms with van der Waals surface area (Å²) in [6.45, 7) is 3.52. The molecule has 1 aromatic carbocycles. The molecule has 0 radical (unpaired) electrons. The van der Waals surface area contributed by atoms with Crippen molar-refractivity contribution in [1.82, 2.24) is 9.88 Å². The molecular weight excluding hydrogens is 344 g/mol. The van der Waals surface area contributed by atoms with Gasteiger partial charge in [0, 0.05) is 12.4 Å². The van der Waals surface area contributed by atoms with Crippen molar-refractivity contribution in [3.8, 4) is 11.5 Å². The average molecular weight is 370 g/mol. The number of benzene rings is 1. The van der Waals surface area contributed by atoms with Crippen molar-refractivity contribution in [1.29, 1.82) is 0 Å². The SMILES string of the molecule is COc1ccc(C(c2ccncc2C)N2CCC(C(=O)O)CC2)cc1OC. The Morgan fingerprint density at radius 1 is 1.19 bits per heavy atom. The summed E-state index contributed by atoms with van der Waals surface area (Å²) in [4.78, 5) is 17.9. The highest BCUT2D eigenvalue weighted by Gasteiger charge is 2.31. The summed E-state index contributed by atoms with van der Waals surface area (Å²) in [5.74, 6) is 0.423. The first-order valence-corrected chi connectivity index (χ1v) is 9.14. The molecule has 1 unspecified atom stereocenters. The molecule has 1 aliphatic heterocycles. The van der Waals surface area contributed by atoms with Crippen molar-refractivity contribution in [2.75, 3.05) is 27.3 Å². The third-order valence-corrected chi connectivity index (χ3v) is 5.33. The third kappa shape index (κ3) is 4.06. The number of carbonyl (C=O) groups is 1. The first-order chi connectivity index (χ1) is 13.0. The van der Waals surface area contributed by atoms with Gasteiger partial charge in [0.25, 0.3) is 0 Å². The molecule has 0 spiro atoms. The van der Waals surface area contributed by atoms with Gasteiger partial charge >= 0.3 is 5.97 Å². The van der Waals surface area contributed by atoms with E-state index < -0.39 is 5.97 Å². The zero-order valence-corrected chi connectivity index (χ0v) is 16.0. The fraction of sp³-hybridized carbons (Fsp3) is 0.429. The van der Waals surface area contributed by atoms with Crippen LogP contribution in [-0.2, 0) is 4.79 Å². The Morgan fingerprint density at radius 2 is 1.89 bits per heavy atom. The van der Waals surface area contributed by atoms with Gasteiger partial charge < -0.3 is 14.6 Å². The summed E-state index contributed by atoms with van der Waals surface area (Å²) >= 11 is 0. The minimum atomic E-state index is -0.697. The summed E-state index contributed by atoms with van der Waals surface area (Å²) in [5.41, 5.74) is 3.37. The molecular formula is C21H26N2O4. The van der Waals surface area contributed by atoms with Crippen molar-refractivity contribution >= 4 is 5.97 Å². The van der Waals surface area contributed by atoms with Gasteiger partial charge in [-0.15, -0.1) is 0 Å². The Morgan fingerprint density at radius 3 is 2.48 bits per heavy atom. The summed E-state index contributed by atoms with van der Waals surface area (Å²) in [6.07, 6.45) is 4.99. The molecule has 1 saturated heterocycles. The highest BCUT2D eigenvalue weighted by molar-refractivity contribution is 5.70. The van der Waals surface area contributed by atoms with Crippen molar-refractivity contribution < 1.29 is 19.4 Å². The number of nitrogens with zero attached hydrogens (tertiary/aromatic N) is 2. The number of rotatable bonds is 6. The lowest BCUT2D eigenvalue weighted by atomic mass is 9.90. The van der Waals surface area contributed by atoms with Crippen molar-refractivity contribution in [3.05, 3.63) is 53.3 Å². The second-order valence-corrected chi connectivity index (χ2v) is 6.90. The largest absolute Gasteiger partial charge is 0.493 e. The number of ether oxygens (including phenoxy) is 2. The van der Waals surface area contributed by atoms with Crippen LogP contribution in [0.4, 0.5) is 0 Å². The molecule has 1 atom stereocenters. The van der Waals surface area contributed by atoms with Crippen LogP contribution in [0.15, 0.2) is 36.7 Å². The molecule has 1 aromatic heterocycles. The number of carboxylic acid groups (broad SMARTS) is 1. The number of methoxy groups -OCH3 is 2. The number of hydrogen-bond donors (Lipinski definition) is 1. The smallest absolute Gasteiger partial charge is 0.306 e. The van der Waals surface area contributed by atoms with Gasteiger partial charge in [-0.1, -0.05) is 6.07 Å². The van der Waals surface area contributed by atoms with Crippen molar-refractivity contribution in [3.63, 3.8) is 0 Å². The van der Waals surface area contributed by atoms with Crippen LogP contribution in [0.25, 0.3) is 0 Å². The molecule has 6 heteroatoms. The molecule has 6 nitrogen and oxygen atoms in total. The topological polar surface area (TPSA) is 71.9 Å². The molecule has 0 amide bonds. The Labute approximate surface area is 159 Å². The van der Waals surface area contributed by atoms with Crippen LogP contribution in [0.1, 0.15) is 35.6 Å². The monoisotopic (exact) mass is 370 g/mol. The first-order valence-electron chi connectivity index (χ1n) is 9.14. The summed E-state index contributed by atoms with van der Waals surface area (Å²) in [6, 6.07) is 8.03. The molecule has 0 saturated carbocycles. The summed E-state index contributed by atoms with van der Waals surface area (Å²) in [7, 11) is 3.26. The van der Waals surface area contributed by atoms with Crippen LogP contribution in [-0.4, -0.2) is 48.3 Å². The molecule has 0 aliphatic carbocycles. The quantitative estimate of drug-likeness (QED) is 0.841. The molecule has 2 heterocycles. The lowest BCUT2D eigenvalue weighted by Gasteiger charge is -2.37. The van der Waals surface area contributed by atoms with Crippen LogP contribution in [0.5, 0.6) is 11.5 Å². The van der Waals surface area contributed by atoms with E-state index in [4.69, 9.17) is 9.47 Å². The van der Waals surface area contributed by atoms with E-state index in [1.54, 1.807) is 20.4 Å². The van der Waals surface area contributed by atoms with Crippen molar-refractivity contribution in [2.24, 2.45) is 5.92 Å². The molecule has 0 bridgehead atoms. The molecule has 27 heavy (non-hydrogen) atoms. The summed E-state index contributed by atoms with van der Waals surface area (Å²) < 4.78 is 10.9. The van der Waals surface area contributed by atoms with Gasteiger partial charge in [0.05, 0.1) is 26.2 Å². The highest BCUT2D eigenvalue weighted by atomic mass is 16.5. The number of aliphatic carboxylic acids is 1. The van der Waals surface area contributed by atoms with Crippen LogP contribution in [0.3, 0.4) is 0 Å². The van der Waals surface area contributed by atoms with Gasteiger partial charge in [-0.25, -0.2) is 0 Å². The Hall–Kier alpha value is -2.60. The Balaban J connectivity index is 1.99. The number of piperidine rings is 1. The van der Waals surface area contributed by atoms with Crippen LogP contribution < -0.4 is 9.47 Å². The number of aryl methyl sites for hydroxylation is 1. The van der Waals surface area contributed by atoms with Gasteiger partial charge in [-0.05, 0) is 67.7 Å². The third-order valence-electron chi connectivity index (χ3n) is 5.33. The molecule has 1 fully saturated rings. The number of carboxylic acids is 1. The number of aromatic nitrogens is 1. The van der Waals surface area contributed by atoms with E-state index >= 15 is 0 Å². The van der Waals surface area contributed by atoms with E-state index in [1.165, 1.54) is 5.56 Å². The van der Waals surface area contributed by atoms with Gasteiger partial charge in [-0.2, -0.15) is 0 Å². The van der Waals surface area contributed by atoms with Gasteiger partial charge in [0.2, 0.25) is 0 Å². The van der Waals surface area contributed by atoms with E-state index in [0.29, 0.717) is 24.3 Å². The highest BCUT2D eigenvalue weighted by Crippen LogP contribution is 2.37. The maximum absolute atomic E-state index is 11.3. The Bertz CT molecular complexity index is 801. The maximum atomic E-state index is 11.3. The fourth-order valence-corrected chi connectivity index (χ4v) is 3.81. The number of pyridine rings is 1. The molecule has 1 aliphatic rings. The van der Waals surface area contributed by atoms with Crippen LogP contribution >= 0.6 is 0 Å². The van der Waals surface area contributed by atoms with Gasteiger partial charge in [0.15, 0.2) is 11.5 Å². The predicted octanol–water partition coefficient (Wildman–Crippen LogP) is 3.29. The normalized spacial score (nSPS) is 16.7.